The average molecular weight is 240 g/mol. The van der Waals surface area contributed by atoms with E-state index in [1.54, 1.807) is 25.7 Å². The summed E-state index contributed by atoms with van der Waals surface area (Å²) in [6.45, 7) is 9.88. The smallest absolute Gasteiger partial charge is 0.0181 e. The lowest BCUT2D eigenvalue weighted by atomic mass is 10.0. The first kappa shape index (κ1) is 12.9. The zero-order valence-corrected chi connectivity index (χ0v) is 12.5. The molecule has 1 aliphatic carbocycles. The molecular formula is C15H29P. The number of hydrogen-bond donors (Lipinski definition) is 0. The van der Waals surface area contributed by atoms with Gasteiger partial charge in [-0.3, -0.25) is 0 Å². The van der Waals surface area contributed by atoms with E-state index >= 15 is 0 Å². The zero-order valence-electron chi connectivity index (χ0n) is 11.6. The van der Waals surface area contributed by atoms with Crippen LogP contribution in [-0.2, 0) is 0 Å². The Morgan fingerprint density at radius 2 is 1.19 bits per heavy atom. The van der Waals surface area contributed by atoms with Crippen molar-refractivity contribution in [3.05, 3.63) is 0 Å². The molecule has 0 aromatic heterocycles. The van der Waals surface area contributed by atoms with E-state index in [0.29, 0.717) is 7.92 Å². The summed E-state index contributed by atoms with van der Waals surface area (Å²) < 4.78 is 0. The standard InChI is InChI=1S/C15H29P/c1-11(2)14-9-10-15(12(3)4)16(14)13-7-5-6-8-13/h11-15H,5-10H2,1-4H3/t14-,15?,16?/m0/s1. The van der Waals surface area contributed by atoms with Gasteiger partial charge in [-0.25, -0.2) is 0 Å². The predicted octanol–water partition coefficient (Wildman–Crippen LogP) is 5.25. The Labute approximate surface area is 103 Å². The quantitative estimate of drug-likeness (QED) is 0.591. The highest BCUT2D eigenvalue weighted by Gasteiger charge is 2.42. The van der Waals surface area contributed by atoms with Crippen molar-refractivity contribution in [2.75, 3.05) is 0 Å². The van der Waals surface area contributed by atoms with E-state index in [1.807, 2.05) is 0 Å². The van der Waals surface area contributed by atoms with Crippen molar-refractivity contribution in [3.63, 3.8) is 0 Å². The highest BCUT2D eigenvalue weighted by Crippen LogP contribution is 2.65. The summed E-state index contributed by atoms with van der Waals surface area (Å²) >= 11 is 0. The van der Waals surface area contributed by atoms with E-state index in [9.17, 15) is 0 Å². The van der Waals surface area contributed by atoms with Crippen molar-refractivity contribution in [2.24, 2.45) is 11.8 Å². The normalized spacial score (nSPS) is 36.8. The summed E-state index contributed by atoms with van der Waals surface area (Å²) in [6, 6.07) is 0. The lowest BCUT2D eigenvalue weighted by Gasteiger charge is -2.35. The summed E-state index contributed by atoms with van der Waals surface area (Å²) in [6.07, 6.45) is 9.28. The second-order valence-electron chi connectivity index (χ2n) is 6.59. The van der Waals surface area contributed by atoms with Crippen LogP contribution in [0.25, 0.3) is 0 Å². The van der Waals surface area contributed by atoms with Gasteiger partial charge in [0.2, 0.25) is 0 Å². The van der Waals surface area contributed by atoms with Gasteiger partial charge in [-0.1, -0.05) is 48.5 Å². The third-order valence-electron chi connectivity index (χ3n) is 4.81. The van der Waals surface area contributed by atoms with Gasteiger partial charge in [-0.05, 0) is 54.5 Å². The van der Waals surface area contributed by atoms with Crippen LogP contribution >= 0.6 is 7.92 Å². The molecule has 2 fully saturated rings. The van der Waals surface area contributed by atoms with Gasteiger partial charge in [0.15, 0.2) is 0 Å². The topological polar surface area (TPSA) is 0 Å². The molecule has 0 aromatic rings. The Morgan fingerprint density at radius 3 is 1.56 bits per heavy atom. The third-order valence-corrected chi connectivity index (χ3v) is 9.41. The maximum absolute atomic E-state index is 2.47. The molecule has 0 aromatic carbocycles. The van der Waals surface area contributed by atoms with Crippen LogP contribution in [-0.4, -0.2) is 17.0 Å². The second-order valence-corrected chi connectivity index (χ2v) is 9.54. The zero-order chi connectivity index (χ0) is 11.7. The van der Waals surface area contributed by atoms with Gasteiger partial charge in [0.25, 0.3) is 0 Å². The molecule has 1 saturated heterocycles. The molecule has 94 valence electrons. The van der Waals surface area contributed by atoms with Gasteiger partial charge < -0.3 is 0 Å². The molecule has 1 aliphatic heterocycles. The van der Waals surface area contributed by atoms with Crippen LogP contribution in [0.1, 0.15) is 66.2 Å². The van der Waals surface area contributed by atoms with Crippen LogP contribution in [0.5, 0.6) is 0 Å². The largest absolute Gasteiger partial charge is 0.0966 e. The Morgan fingerprint density at radius 1 is 0.750 bits per heavy atom. The molecule has 2 aliphatic rings. The van der Waals surface area contributed by atoms with Crippen LogP contribution < -0.4 is 0 Å². The van der Waals surface area contributed by atoms with Crippen molar-refractivity contribution in [2.45, 2.75) is 83.2 Å². The molecule has 1 heterocycles. The highest BCUT2D eigenvalue weighted by atomic mass is 31.1. The van der Waals surface area contributed by atoms with Gasteiger partial charge in [0.05, 0.1) is 0 Å². The molecule has 0 N–H and O–H groups in total. The fraction of sp³-hybridized carbons (Fsp3) is 1.00. The SMILES string of the molecule is CC(C)C1CC[C@@H](C(C)C)P1C1CCCC1. The maximum atomic E-state index is 2.47. The number of rotatable bonds is 3. The van der Waals surface area contributed by atoms with Gasteiger partial charge >= 0.3 is 0 Å². The first-order valence-corrected chi connectivity index (χ1v) is 8.93. The van der Waals surface area contributed by atoms with E-state index in [-0.39, 0.29) is 0 Å². The fourth-order valence-corrected chi connectivity index (χ4v) is 8.79. The summed E-state index contributed by atoms with van der Waals surface area (Å²) in [5.74, 6) is 1.88. The summed E-state index contributed by atoms with van der Waals surface area (Å²) in [5, 5.41) is 0. The lowest BCUT2D eigenvalue weighted by Crippen LogP contribution is -2.20. The molecule has 0 nitrogen and oxygen atoms in total. The molecule has 2 unspecified atom stereocenters. The summed E-state index contributed by atoms with van der Waals surface area (Å²) in [4.78, 5) is 0. The van der Waals surface area contributed by atoms with Crippen molar-refractivity contribution in [1.82, 2.24) is 0 Å². The Hall–Kier alpha value is 0.430. The Kier molecular flexibility index (Phi) is 4.33. The first-order valence-electron chi connectivity index (χ1n) is 7.38. The molecule has 2 rings (SSSR count). The minimum atomic E-state index is 0.348. The average Bonchev–Trinajstić information content (AvgIpc) is 2.85. The van der Waals surface area contributed by atoms with Gasteiger partial charge in [0, 0.05) is 0 Å². The Balaban J connectivity index is 2.11. The fourth-order valence-electron chi connectivity index (χ4n) is 3.98. The van der Waals surface area contributed by atoms with Crippen LogP contribution in [0.15, 0.2) is 0 Å². The van der Waals surface area contributed by atoms with Crippen molar-refractivity contribution >= 4 is 7.92 Å². The van der Waals surface area contributed by atoms with E-state index in [0.717, 1.165) is 28.8 Å². The lowest BCUT2D eigenvalue weighted by molar-refractivity contribution is 0.543. The second kappa shape index (κ2) is 5.38. The third kappa shape index (κ3) is 2.47. The monoisotopic (exact) mass is 240 g/mol. The molecule has 1 heteroatoms. The molecule has 1 saturated carbocycles. The van der Waals surface area contributed by atoms with E-state index in [1.165, 1.54) is 12.8 Å². The minimum absolute atomic E-state index is 0.348. The van der Waals surface area contributed by atoms with E-state index in [4.69, 9.17) is 0 Å². The summed E-state index contributed by atoms with van der Waals surface area (Å²) in [5.41, 5.74) is 3.35. The molecule has 16 heavy (non-hydrogen) atoms. The highest BCUT2D eigenvalue weighted by molar-refractivity contribution is 7.60. The molecule has 0 amide bonds. The van der Waals surface area contributed by atoms with Crippen LogP contribution in [0.3, 0.4) is 0 Å². The van der Waals surface area contributed by atoms with Gasteiger partial charge in [0.1, 0.15) is 0 Å². The van der Waals surface area contributed by atoms with E-state index < -0.39 is 0 Å². The molecule has 0 radical (unpaired) electrons. The van der Waals surface area contributed by atoms with Gasteiger partial charge in [-0.2, -0.15) is 0 Å². The van der Waals surface area contributed by atoms with Crippen molar-refractivity contribution < 1.29 is 0 Å². The first-order chi connectivity index (χ1) is 7.61. The molecule has 0 spiro atoms. The maximum Gasteiger partial charge on any atom is -0.0181 e. The van der Waals surface area contributed by atoms with Crippen LogP contribution in [0.4, 0.5) is 0 Å². The molecule has 3 atom stereocenters. The summed E-state index contributed by atoms with van der Waals surface area (Å²) in [7, 11) is 0.348. The van der Waals surface area contributed by atoms with Crippen LogP contribution in [0.2, 0.25) is 0 Å². The molecule has 0 bridgehead atoms. The van der Waals surface area contributed by atoms with Crippen LogP contribution in [0, 0.1) is 11.8 Å². The Bertz CT molecular complexity index is 199. The minimum Gasteiger partial charge on any atom is -0.0966 e. The van der Waals surface area contributed by atoms with Crippen molar-refractivity contribution in [3.8, 4) is 0 Å². The van der Waals surface area contributed by atoms with E-state index in [2.05, 4.69) is 27.7 Å². The van der Waals surface area contributed by atoms with Crippen molar-refractivity contribution in [1.29, 1.82) is 0 Å². The molecular weight excluding hydrogens is 211 g/mol. The predicted molar refractivity (Wildman–Crippen MR) is 75.7 cm³/mol. The number of hydrogen-bond acceptors (Lipinski definition) is 0. The van der Waals surface area contributed by atoms with Gasteiger partial charge in [-0.15, -0.1) is 0 Å².